The summed E-state index contributed by atoms with van der Waals surface area (Å²) in [4.78, 5) is 12.0. The Morgan fingerprint density at radius 1 is 0.955 bits per heavy atom. The van der Waals surface area contributed by atoms with Crippen molar-refractivity contribution in [2.24, 2.45) is 0 Å². The maximum atomic E-state index is 12.0. The van der Waals surface area contributed by atoms with Crippen LogP contribution in [0.2, 0.25) is 0 Å². The van der Waals surface area contributed by atoms with Crippen LogP contribution in [-0.2, 0) is 0 Å². The van der Waals surface area contributed by atoms with Crippen LogP contribution >= 0.6 is 0 Å². The van der Waals surface area contributed by atoms with Crippen molar-refractivity contribution in [1.29, 1.82) is 0 Å². The van der Waals surface area contributed by atoms with Crippen molar-refractivity contribution >= 4 is 23.4 Å². The third kappa shape index (κ3) is 3.08. The van der Waals surface area contributed by atoms with Crippen LogP contribution in [0.15, 0.2) is 33.3 Å². The highest BCUT2D eigenvalue weighted by molar-refractivity contribution is 6.02. The molecule has 0 bridgehead atoms. The van der Waals surface area contributed by atoms with E-state index < -0.39 is 5.91 Å². The van der Waals surface area contributed by atoms with Crippen LogP contribution in [0.3, 0.4) is 0 Å². The Hall–Kier alpha value is -3.23. The molecule has 0 aliphatic rings. The minimum absolute atomic E-state index is 0.155. The van der Waals surface area contributed by atoms with E-state index in [0.29, 0.717) is 29.0 Å². The molecule has 0 aliphatic carbocycles. The lowest BCUT2D eigenvalue weighted by Crippen LogP contribution is -2.14. The predicted molar refractivity (Wildman–Crippen MR) is 75.7 cm³/mol. The van der Waals surface area contributed by atoms with E-state index in [1.807, 2.05) is 0 Å². The van der Waals surface area contributed by atoms with E-state index in [-0.39, 0.29) is 5.69 Å². The summed E-state index contributed by atoms with van der Waals surface area (Å²) in [6.45, 7) is 3.51. The number of nitrogens with zero attached hydrogens (tertiary/aromatic N) is 4. The Bertz CT molecular complexity index is 792. The van der Waals surface area contributed by atoms with Gasteiger partial charge in [-0.2, -0.15) is 0 Å². The van der Waals surface area contributed by atoms with E-state index in [9.17, 15) is 4.79 Å². The number of carbonyl (C=O) groups is 1. The number of hydrogen-bond donors (Lipinski definition) is 2. The standard InChI is InChI=1S/C13H12N6O3/c1-7-5-11(18-21-7)14-10-4-3-9(16-17-10)13(20)15-12-6-8(2)22-19-12/h3-6H,1-2H3,(H,14,17,18)(H,15,19,20). The van der Waals surface area contributed by atoms with Crippen molar-refractivity contribution in [2.75, 3.05) is 10.6 Å². The zero-order valence-corrected chi connectivity index (χ0v) is 11.8. The first-order chi connectivity index (χ1) is 10.6. The molecule has 1 amide bonds. The second kappa shape index (κ2) is 5.64. The molecular weight excluding hydrogens is 288 g/mol. The van der Waals surface area contributed by atoms with Gasteiger partial charge in [-0.1, -0.05) is 10.3 Å². The van der Waals surface area contributed by atoms with Gasteiger partial charge in [0.25, 0.3) is 5.91 Å². The maximum absolute atomic E-state index is 12.0. The van der Waals surface area contributed by atoms with Crippen molar-refractivity contribution in [3.05, 3.63) is 41.5 Å². The van der Waals surface area contributed by atoms with Crippen molar-refractivity contribution in [3.8, 4) is 0 Å². The Morgan fingerprint density at radius 2 is 1.64 bits per heavy atom. The fraction of sp³-hybridized carbons (Fsp3) is 0.154. The molecule has 0 unspecified atom stereocenters. The van der Waals surface area contributed by atoms with Crippen LogP contribution in [-0.4, -0.2) is 26.4 Å². The minimum Gasteiger partial charge on any atom is -0.360 e. The number of nitrogens with one attached hydrogen (secondary N) is 2. The molecule has 9 heteroatoms. The van der Waals surface area contributed by atoms with E-state index in [1.54, 1.807) is 32.0 Å². The summed E-state index contributed by atoms with van der Waals surface area (Å²) < 4.78 is 9.79. The number of carbonyl (C=O) groups excluding carboxylic acids is 1. The molecule has 2 N–H and O–H groups in total. The summed E-state index contributed by atoms with van der Waals surface area (Å²) in [5.41, 5.74) is 0.155. The molecule has 0 spiro atoms. The molecule has 0 atom stereocenters. The zero-order valence-electron chi connectivity index (χ0n) is 11.8. The molecule has 9 nitrogen and oxygen atoms in total. The van der Waals surface area contributed by atoms with Gasteiger partial charge in [0.15, 0.2) is 23.1 Å². The van der Waals surface area contributed by atoms with Gasteiger partial charge in [-0.25, -0.2) is 0 Å². The smallest absolute Gasteiger partial charge is 0.277 e. The molecule has 22 heavy (non-hydrogen) atoms. The molecule has 0 saturated heterocycles. The fourth-order valence-corrected chi connectivity index (χ4v) is 1.68. The van der Waals surface area contributed by atoms with Crippen LogP contribution in [0.25, 0.3) is 0 Å². The van der Waals surface area contributed by atoms with Crippen LogP contribution in [0, 0.1) is 13.8 Å². The molecule has 3 heterocycles. The van der Waals surface area contributed by atoms with Crippen LogP contribution in [0.5, 0.6) is 0 Å². The normalized spacial score (nSPS) is 10.5. The van der Waals surface area contributed by atoms with E-state index in [4.69, 9.17) is 9.05 Å². The highest BCUT2D eigenvalue weighted by Crippen LogP contribution is 2.14. The molecular formula is C13H12N6O3. The Labute approximate surface area is 124 Å². The summed E-state index contributed by atoms with van der Waals surface area (Å²) in [7, 11) is 0. The van der Waals surface area contributed by atoms with E-state index in [2.05, 4.69) is 31.1 Å². The molecule has 112 valence electrons. The quantitative estimate of drug-likeness (QED) is 0.751. The summed E-state index contributed by atoms with van der Waals surface area (Å²) in [6, 6.07) is 6.47. The summed E-state index contributed by atoms with van der Waals surface area (Å²) in [5, 5.41) is 20.7. The van der Waals surface area contributed by atoms with Gasteiger partial charge in [0.05, 0.1) is 0 Å². The fourth-order valence-electron chi connectivity index (χ4n) is 1.68. The lowest BCUT2D eigenvalue weighted by Gasteiger charge is -2.02. The number of aryl methyl sites for hydroxylation is 2. The molecule has 0 saturated carbocycles. The van der Waals surface area contributed by atoms with E-state index in [1.165, 1.54) is 6.07 Å². The lowest BCUT2D eigenvalue weighted by molar-refractivity contribution is 0.102. The second-order valence-corrected chi connectivity index (χ2v) is 4.53. The van der Waals surface area contributed by atoms with Crippen LogP contribution in [0.4, 0.5) is 17.5 Å². The average Bonchev–Trinajstić information content (AvgIpc) is 3.08. The van der Waals surface area contributed by atoms with Crippen molar-refractivity contribution in [3.63, 3.8) is 0 Å². The molecule has 0 fully saturated rings. The highest BCUT2D eigenvalue weighted by Gasteiger charge is 2.11. The molecule has 0 aromatic carbocycles. The number of amides is 1. The number of hydrogen-bond acceptors (Lipinski definition) is 8. The maximum Gasteiger partial charge on any atom is 0.277 e. The molecule has 0 radical (unpaired) electrons. The summed E-state index contributed by atoms with van der Waals surface area (Å²) >= 11 is 0. The van der Waals surface area contributed by atoms with Gasteiger partial charge in [-0.3, -0.25) is 4.79 Å². The molecule has 0 aliphatic heterocycles. The third-order valence-electron chi connectivity index (χ3n) is 2.65. The van der Waals surface area contributed by atoms with Gasteiger partial charge in [0, 0.05) is 12.1 Å². The Kier molecular flexibility index (Phi) is 3.52. The van der Waals surface area contributed by atoms with Gasteiger partial charge >= 0.3 is 0 Å². The monoisotopic (exact) mass is 300 g/mol. The van der Waals surface area contributed by atoms with Gasteiger partial charge in [-0.05, 0) is 26.0 Å². The lowest BCUT2D eigenvalue weighted by atomic mass is 10.3. The van der Waals surface area contributed by atoms with Crippen molar-refractivity contribution in [2.45, 2.75) is 13.8 Å². The Morgan fingerprint density at radius 3 is 2.18 bits per heavy atom. The van der Waals surface area contributed by atoms with Crippen LogP contribution in [0.1, 0.15) is 22.0 Å². The topological polar surface area (TPSA) is 119 Å². The Balaban J connectivity index is 1.66. The van der Waals surface area contributed by atoms with Crippen molar-refractivity contribution < 1.29 is 13.8 Å². The van der Waals surface area contributed by atoms with E-state index >= 15 is 0 Å². The minimum atomic E-state index is -0.426. The van der Waals surface area contributed by atoms with Crippen LogP contribution < -0.4 is 10.6 Å². The first-order valence-corrected chi connectivity index (χ1v) is 6.39. The third-order valence-corrected chi connectivity index (χ3v) is 2.65. The largest absolute Gasteiger partial charge is 0.360 e. The first-order valence-electron chi connectivity index (χ1n) is 6.39. The average molecular weight is 300 g/mol. The molecule has 3 aromatic rings. The summed E-state index contributed by atoms with van der Waals surface area (Å²) in [5.74, 6) is 2.14. The molecule has 3 aromatic heterocycles. The highest BCUT2D eigenvalue weighted by atomic mass is 16.5. The number of anilines is 3. The zero-order chi connectivity index (χ0) is 15.5. The summed E-state index contributed by atoms with van der Waals surface area (Å²) in [6.07, 6.45) is 0. The number of aromatic nitrogens is 4. The first kappa shape index (κ1) is 13.7. The van der Waals surface area contributed by atoms with Gasteiger partial charge < -0.3 is 19.7 Å². The van der Waals surface area contributed by atoms with E-state index in [0.717, 1.165) is 0 Å². The molecule has 3 rings (SSSR count). The second-order valence-electron chi connectivity index (χ2n) is 4.53. The number of rotatable bonds is 4. The predicted octanol–water partition coefficient (Wildman–Crippen LogP) is 2.07. The van der Waals surface area contributed by atoms with Gasteiger partial charge in [0.2, 0.25) is 0 Å². The SMILES string of the molecule is Cc1cc(NC(=O)c2ccc(Nc3cc(C)on3)nn2)no1. The van der Waals surface area contributed by atoms with Gasteiger partial charge in [0.1, 0.15) is 11.5 Å². The van der Waals surface area contributed by atoms with Crippen molar-refractivity contribution in [1.82, 2.24) is 20.5 Å². The van der Waals surface area contributed by atoms with Gasteiger partial charge in [-0.15, -0.1) is 10.2 Å².